The largest absolute Gasteiger partial charge is 0.366 e. The van der Waals surface area contributed by atoms with Crippen LogP contribution in [0.25, 0.3) is 32.2 Å². The number of H-pyrrole nitrogens is 1. The van der Waals surface area contributed by atoms with E-state index in [9.17, 15) is 18.4 Å². The molecule has 0 aliphatic carbocycles. The number of benzene rings is 1. The molecule has 3 N–H and O–H groups in total. The van der Waals surface area contributed by atoms with Gasteiger partial charge in [0, 0.05) is 40.7 Å². The number of aryl methyl sites for hydroxylation is 1. The lowest BCUT2D eigenvalue weighted by Crippen LogP contribution is -2.17. The number of carbonyl (C=O) groups is 2. The van der Waals surface area contributed by atoms with Crippen molar-refractivity contribution in [3.05, 3.63) is 76.9 Å². The molecule has 4 heterocycles. The number of primary amides is 1. The van der Waals surface area contributed by atoms with Gasteiger partial charge in [-0.1, -0.05) is 5.16 Å². The number of rotatable bonds is 5. The van der Waals surface area contributed by atoms with Crippen LogP contribution in [0.1, 0.15) is 32.2 Å². The topological polar surface area (TPSA) is 128 Å². The van der Waals surface area contributed by atoms with Gasteiger partial charge in [-0.05, 0) is 30.3 Å². The number of nitrogens with one attached hydrogen (secondary N) is 1. The quantitative estimate of drug-likeness (QED) is 0.373. The van der Waals surface area contributed by atoms with Crippen molar-refractivity contribution in [1.82, 2.24) is 20.1 Å². The van der Waals surface area contributed by atoms with Gasteiger partial charge in [-0.2, -0.15) is 4.98 Å². The van der Waals surface area contributed by atoms with Gasteiger partial charge in [0.15, 0.2) is 0 Å². The zero-order valence-corrected chi connectivity index (χ0v) is 17.7. The number of thiophene rings is 1. The van der Waals surface area contributed by atoms with Crippen molar-refractivity contribution < 1.29 is 22.9 Å². The minimum atomic E-state index is -1.30. The highest BCUT2D eigenvalue weighted by molar-refractivity contribution is 7.18. The van der Waals surface area contributed by atoms with Crippen molar-refractivity contribution in [3.8, 4) is 21.1 Å². The molecule has 0 aliphatic heterocycles. The minimum absolute atomic E-state index is 0.00402. The summed E-state index contributed by atoms with van der Waals surface area (Å²) in [5, 5.41) is 4.26. The van der Waals surface area contributed by atoms with Gasteiger partial charge in [-0.3, -0.25) is 9.59 Å². The Hall–Kier alpha value is -4.25. The average molecular weight is 465 g/mol. The summed E-state index contributed by atoms with van der Waals surface area (Å²) in [6.45, 7) is 1.69. The van der Waals surface area contributed by atoms with Crippen molar-refractivity contribution in [2.75, 3.05) is 0 Å². The lowest BCUT2D eigenvalue weighted by atomic mass is 9.99. The van der Waals surface area contributed by atoms with Gasteiger partial charge in [0.05, 0.1) is 16.0 Å². The predicted octanol–water partition coefficient (Wildman–Crippen LogP) is 4.26. The molecule has 5 rings (SSSR count). The number of fused-ring (bicyclic) bond motifs is 1. The molecule has 0 saturated heterocycles. The van der Waals surface area contributed by atoms with E-state index in [4.69, 9.17) is 10.3 Å². The van der Waals surface area contributed by atoms with Crippen LogP contribution < -0.4 is 5.73 Å². The third-order valence-electron chi connectivity index (χ3n) is 5.00. The molecule has 0 radical (unpaired) electrons. The Morgan fingerprint density at radius 1 is 1.12 bits per heavy atom. The molecule has 11 heteroatoms. The molecule has 0 aliphatic rings. The molecule has 0 fully saturated rings. The zero-order chi connectivity index (χ0) is 23.3. The highest BCUT2D eigenvalue weighted by Crippen LogP contribution is 2.35. The fourth-order valence-corrected chi connectivity index (χ4v) is 4.34. The molecule has 0 spiro atoms. The molecule has 0 atom stereocenters. The summed E-state index contributed by atoms with van der Waals surface area (Å²) in [7, 11) is 0. The van der Waals surface area contributed by atoms with E-state index in [1.165, 1.54) is 17.5 Å². The first-order valence-corrected chi connectivity index (χ1v) is 10.4. The summed E-state index contributed by atoms with van der Waals surface area (Å²) in [5.74, 6) is -3.54. The maximum Gasteiger partial charge on any atom is 0.251 e. The van der Waals surface area contributed by atoms with E-state index < -0.39 is 34.5 Å². The molecule has 8 nitrogen and oxygen atoms in total. The molecule has 0 unspecified atom stereocenters. The van der Waals surface area contributed by atoms with E-state index >= 15 is 0 Å². The fourth-order valence-electron chi connectivity index (χ4n) is 3.42. The van der Waals surface area contributed by atoms with Crippen LogP contribution in [0.2, 0.25) is 0 Å². The molecular weight excluding hydrogens is 452 g/mol. The number of hydrogen-bond acceptors (Lipinski definition) is 7. The van der Waals surface area contributed by atoms with Crippen LogP contribution in [0, 0.1) is 18.6 Å². The third kappa shape index (κ3) is 3.48. The summed E-state index contributed by atoms with van der Waals surface area (Å²) < 4.78 is 34.1. The Labute approximate surface area is 188 Å². The molecule has 33 heavy (non-hydrogen) atoms. The minimum Gasteiger partial charge on any atom is -0.366 e. The van der Waals surface area contributed by atoms with Crippen molar-refractivity contribution in [2.45, 2.75) is 6.92 Å². The SMILES string of the molecule is Cc1nc(-c2ccc(-c3cnc4[nH]cc(C(=O)c5c(F)ccc(C(N)=O)c5F)c4c3)s2)no1. The summed E-state index contributed by atoms with van der Waals surface area (Å²) >= 11 is 1.39. The van der Waals surface area contributed by atoms with Gasteiger partial charge < -0.3 is 15.2 Å². The maximum absolute atomic E-state index is 14.7. The summed E-state index contributed by atoms with van der Waals surface area (Å²) in [6.07, 6.45) is 2.93. The van der Waals surface area contributed by atoms with Crippen LogP contribution in [0.15, 0.2) is 47.2 Å². The van der Waals surface area contributed by atoms with Crippen LogP contribution in [-0.4, -0.2) is 31.8 Å². The molecule has 0 saturated carbocycles. The summed E-state index contributed by atoms with van der Waals surface area (Å²) in [5.41, 5.74) is 4.75. The number of halogens is 2. The number of pyridine rings is 1. The molecule has 4 aromatic heterocycles. The Kier molecular flexibility index (Phi) is 4.82. The van der Waals surface area contributed by atoms with Crippen LogP contribution in [-0.2, 0) is 0 Å². The Morgan fingerprint density at radius 2 is 1.91 bits per heavy atom. The maximum atomic E-state index is 14.7. The van der Waals surface area contributed by atoms with E-state index in [1.807, 2.05) is 12.1 Å². The molecule has 164 valence electrons. The summed E-state index contributed by atoms with van der Waals surface area (Å²) in [4.78, 5) is 37.4. The second kappa shape index (κ2) is 7.71. The molecular formula is C22H13F2N5O3S. The molecule has 5 aromatic rings. The van der Waals surface area contributed by atoms with Gasteiger partial charge in [0.1, 0.15) is 17.3 Å². The van der Waals surface area contributed by atoms with E-state index in [0.29, 0.717) is 28.3 Å². The number of nitrogens with zero attached hydrogens (tertiary/aromatic N) is 3. The normalized spacial score (nSPS) is 11.2. The highest BCUT2D eigenvalue weighted by Gasteiger charge is 2.26. The Bertz CT molecular complexity index is 1570. The number of hydrogen-bond donors (Lipinski definition) is 2. The van der Waals surface area contributed by atoms with E-state index in [0.717, 1.165) is 21.9 Å². The predicted molar refractivity (Wildman–Crippen MR) is 116 cm³/mol. The Morgan fingerprint density at radius 3 is 2.64 bits per heavy atom. The van der Waals surface area contributed by atoms with Crippen LogP contribution in [0.4, 0.5) is 8.78 Å². The standard InChI is InChI=1S/C22H13F2N5O3S/c1-9-28-22(29-32-9)16-5-4-15(33-16)10-6-12-13(8-27-21(12)26-7-10)19(30)17-14(23)3-2-11(18(17)24)20(25)31/h2-8H,1H3,(H2,25,31)(H,26,27). The Balaban J connectivity index is 1.58. The first-order valence-electron chi connectivity index (χ1n) is 9.54. The van der Waals surface area contributed by atoms with Crippen LogP contribution >= 0.6 is 11.3 Å². The smallest absolute Gasteiger partial charge is 0.251 e. The van der Waals surface area contributed by atoms with Gasteiger partial charge in [0.2, 0.25) is 17.5 Å². The zero-order valence-electron chi connectivity index (χ0n) is 16.8. The van der Waals surface area contributed by atoms with E-state index in [1.54, 1.807) is 19.2 Å². The second-order valence-corrected chi connectivity index (χ2v) is 8.18. The number of ketones is 1. The third-order valence-corrected chi connectivity index (χ3v) is 6.13. The monoisotopic (exact) mass is 465 g/mol. The van der Waals surface area contributed by atoms with E-state index in [2.05, 4.69) is 20.1 Å². The number of aromatic nitrogens is 4. The van der Waals surface area contributed by atoms with Crippen molar-refractivity contribution in [2.24, 2.45) is 5.73 Å². The first kappa shape index (κ1) is 20.6. The van der Waals surface area contributed by atoms with Crippen molar-refractivity contribution >= 4 is 34.1 Å². The molecule has 0 bridgehead atoms. The second-order valence-electron chi connectivity index (χ2n) is 7.10. The average Bonchev–Trinajstić information content (AvgIpc) is 3.52. The van der Waals surface area contributed by atoms with Gasteiger partial charge in [0.25, 0.3) is 5.91 Å². The van der Waals surface area contributed by atoms with Crippen LogP contribution in [0.3, 0.4) is 0 Å². The van der Waals surface area contributed by atoms with Crippen LogP contribution in [0.5, 0.6) is 0 Å². The number of nitrogens with two attached hydrogens (primary N) is 1. The summed E-state index contributed by atoms with van der Waals surface area (Å²) in [6, 6.07) is 7.10. The fraction of sp³-hybridized carbons (Fsp3) is 0.0455. The molecule has 1 amide bonds. The number of amides is 1. The molecule has 1 aromatic carbocycles. The number of carbonyl (C=O) groups excluding carboxylic acids is 2. The van der Waals surface area contributed by atoms with E-state index in [-0.39, 0.29) is 5.56 Å². The first-order chi connectivity index (χ1) is 15.8. The lowest BCUT2D eigenvalue weighted by molar-refractivity contribution is 0.0996. The number of aromatic amines is 1. The van der Waals surface area contributed by atoms with Crippen molar-refractivity contribution in [3.63, 3.8) is 0 Å². The highest BCUT2D eigenvalue weighted by atomic mass is 32.1. The lowest BCUT2D eigenvalue weighted by Gasteiger charge is -2.07. The van der Waals surface area contributed by atoms with Crippen molar-refractivity contribution in [1.29, 1.82) is 0 Å². The van der Waals surface area contributed by atoms with Gasteiger partial charge >= 0.3 is 0 Å². The van der Waals surface area contributed by atoms with Gasteiger partial charge in [-0.15, -0.1) is 11.3 Å². The van der Waals surface area contributed by atoms with Gasteiger partial charge in [-0.25, -0.2) is 13.8 Å².